The molecular formula is C13H15Br2FO. The molecule has 2 unspecified atom stereocenters. The summed E-state index contributed by atoms with van der Waals surface area (Å²) in [5.74, 6) is -0.181. The van der Waals surface area contributed by atoms with Crippen LogP contribution in [-0.2, 0) is 11.2 Å². The fourth-order valence-electron chi connectivity index (χ4n) is 2.33. The second kappa shape index (κ2) is 5.37. The Morgan fingerprint density at radius 1 is 1.53 bits per heavy atom. The molecule has 94 valence electrons. The Morgan fingerprint density at radius 2 is 2.29 bits per heavy atom. The number of hydrogen-bond acceptors (Lipinski definition) is 1. The summed E-state index contributed by atoms with van der Waals surface area (Å²) in [5, 5.41) is 0.879. The molecule has 17 heavy (non-hydrogen) atoms. The monoisotopic (exact) mass is 364 g/mol. The molecule has 1 aromatic rings. The van der Waals surface area contributed by atoms with Crippen LogP contribution in [0.3, 0.4) is 0 Å². The third kappa shape index (κ3) is 2.74. The van der Waals surface area contributed by atoms with Crippen LogP contribution >= 0.6 is 31.9 Å². The first-order valence-corrected chi connectivity index (χ1v) is 7.60. The molecule has 0 radical (unpaired) electrons. The summed E-state index contributed by atoms with van der Waals surface area (Å²) >= 11 is 7.07. The summed E-state index contributed by atoms with van der Waals surface area (Å²) in [6.45, 7) is 2.89. The molecule has 1 heterocycles. The van der Waals surface area contributed by atoms with Crippen molar-refractivity contribution in [1.29, 1.82) is 0 Å². The molecule has 0 spiro atoms. The topological polar surface area (TPSA) is 9.23 Å². The lowest BCUT2D eigenvalue weighted by Crippen LogP contribution is -2.33. The van der Waals surface area contributed by atoms with Crippen LogP contribution in [0.2, 0.25) is 0 Å². The highest BCUT2D eigenvalue weighted by molar-refractivity contribution is 9.10. The van der Waals surface area contributed by atoms with Gasteiger partial charge in [0.2, 0.25) is 0 Å². The highest BCUT2D eigenvalue weighted by Gasteiger charge is 2.40. The normalized spacial score (nSPS) is 28.6. The number of benzene rings is 1. The fraction of sp³-hybridized carbons (Fsp3) is 0.538. The Hall–Kier alpha value is 0.0700. The number of ether oxygens (including phenoxy) is 1. The zero-order chi connectivity index (χ0) is 12.5. The first-order valence-electron chi connectivity index (χ1n) is 5.69. The van der Waals surface area contributed by atoms with E-state index in [1.165, 1.54) is 6.07 Å². The Labute approximate surface area is 118 Å². The molecule has 1 saturated heterocycles. The fourth-order valence-corrected chi connectivity index (χ4v) is 3.65. The molecule has 1 aliphatic rings. The van der Waals surface area contributed by atoms with Crippen molar-refractivity contribution in [3.63, 3.8) is 0 Å². The van der Waals surface area contributed by atoms with Crippen LogP contribution in [-0.4, -0.2) is 18.0 Å². The minimum absolute atomic E-state index is 0.0797. The van der Waals surface area contributed by atoms with Gasteiger partial charge in [0.05, 0.1) is 6.10 Å². The summed E-state index contributed by atoms with van der Waals surface area (Å²) in [5.41, 5.74) is 1.10. The van der Waals surface area contributed by atoms with E-state index in [2.05, 4.69) is 38.8 Å². The third-order valence-electron chi connectivity index (χ3n) is 3.65. The van der Waals surface area contributed by atoms with E-state index in [4.69, 9.17) is 4.74 Å². The SMILES string of the molecule is CC1OCCC1(CBr)Cc1cc(F)ccc1Br. The highest BCUT2D eigenvalue weighted by Crippen LogP contribution is 2.41. The van der Waals surface area contributed by atoms with Crippen molar-refractivity contribution >= 4 is 31.9 Å². The first kappa shape index (κ1) is 13.5. The summed E-state index contributed by atoms with van der Waals surface area (Å²) < 4.78 is 19.9. The van der Waals surface area contributed by atoms with E-state index in [1.807, 2.05) is 0 Å². The van der Waals surface area contributed by atoms with Crippen LogP contribution in [0.25, 0.3) is 0 Å². The van der Waals surface area contributed by atoms with Gasteiger partial charge in [-0.25, -0.2) is 4.39 Å². The predicted molar refractivity (Wildman–Crippen MR) is 74.1 cm³/mol. The number of rotatable bonds is 3. The quantitative estimate of drug-likeness (QED) is 0.725. The number of alkyl halides is 1. The zero-order valence-electron chi connectivity index (χ0n) is 9.68. The lowest BCUT2D eigenvalue weighted by molar-refractivity contribution is 0.0745. The largest absolute Gasteiger partial charge is 0.378 e. The maximum Gasteiger partial charge on any atom is 0.123 e. The van der Waals surface area contributed by atoms with Crippen molar-refractivity contribution < 1.29 is 9.13 Å². The van der Waals surface area contributed by atoms with Crippen molar-refractivity contribution in [3.05, 3.63) is 34.1 Å². The Kier molecular flexibility index (Phi) is 4.26. The van der Waals surface area contributed by atoms with Crippen molar-refractivity contribution in [2.24, 2.45) is 5.41 Å². The van der Waals surface area contributed by atoms with Gasteiger partial charge in [0.1, 0.15) is 5.82 Å². The molecule has 2 rings (SSSR count). The maximum absolute atomic E-state index is 13.3. The van der Waals surface area contributed by atoms with Crippen molar-refractivity contribution in [2.45, 2.75) is 25.9 Å². The van der Waals surface area contributed by atoms with Gasteiger partial charge in [0, 0.05) is 21.8 Å². The Morgan fingerprint density at radius 3 is 2.88 bits per heavy atom. The van der Waals surface area contributed by atoms with Gasteiger partial charge < -0.3 is 4.74 Å². The van der Waals surface area contributed by atoms with Gasteiger partial charge in [-0.2, -0.15) is 0 Å². The van der Waals surface area contributed by atoms with Gasteiger partial charge in [0.15, 0.2) is 0 Å². The Bertz CT molecular complexity index is 410. The lowest BCUT2D eigenvalue weighted by atomic mass is 9.78. The molecular weight excluding hydrogens is 351 g/mol. The van der Waals surface area contributed by atoms with E-state index in [1.54, 1.807) is 12.1 Å². The van der Waals surface area contributed by atoms with Gasteiger partial charge in [-0.1, -0.05) is 31.9 Å². The van der Waals surface area contributed by atoms with Crippen molar-refractivity contribution in [3.8, 4) is 0 Å². The molecule has 0 N–H and O–H groups in total. The summed E-state index contributed by atoms with van der Waals surface area (Å²) in [6, 6.07) is 4.86. The van der Waals surface area contributed by atoms with Crippen LogP contribution in [0, 0.1) is 11.2 Å². The molecule has 0 aliphatic carbocycles. The first-order chi connectivity index (χ1) is 8.07. The third-order valence-corrected chi connectivity index (χ3v) is 5.54. The second-order valence-corrected chi connectivity index (χ2v) is 6.09. The minimum atomic E-state index is -0.181. The van der Waals surface area contributed by atoms with Gasteiger partial charge in [-0.3, -0.25) is 0 Å². The molecule has 0 saturated carbocycles. The summed E-state index contributed by atoms with van der Waals surface area (Å²) in [7, 11) is 0. The van der Waals surface area contributed by atoms with Crippen LogP contribution in [0.15, 0.2) is 22.7 Å². The molecule has 4 heteroatoms. The molecule has 0 amide bonds. The molecule has 2 atom stereocenters. The molecule has 1 nitrogen and oxygen atoms in total. The van der Waals surface area contributed by atoms with Gasteiger partial charge in [-0.05, 0) is 43.5 Å². The Balaban J connectivity index is 2.27. The smallest absolute Gasteiger partial charge is 0.123 e. The average Bonchev–Trinajstić information content (AvgIpc) is 2.66. The average molecular weight is 366 g/mol. The summed E-state index contributed by atoms with van der Waals surface area (Å²) in [6.07, 6.45) is 2.05. The second-order valence-electron chi connectivity index (χ2n) is 4.67. The van der Waals surface area contributed by atoms with E-state index < -0.39 is 0 Å². The number of hydrogen-bond donors (Lipinski definition) is 0. The van der Waals surface area contributed by atoms with E-state index in [0.29, 0.717) is 0 Å². The highest BCUT2D eigenvalue weighted by atomic mass is 79.9. The van der Waals surface area contributed by atoms with Crippen molar-refractivity contribution in [1.82, 2.24) is 0 Å². The molecule has 1 aliphatic heterocycles. The van der Waals surface area contributed by atoms with Crippen LogP contribution < -0.4 is 0 Å². The van der Waals surface area contributed by atoms with Gasteiger partial charge in [0.25, 0.3) is 0 Å². The zero-order valence-corrected chi connectivity index (χ0v) is 12.9. The van der Waals surface area contributed by atoms with E-state index in [-0.39, 0.29) is 17.3 Å². The lowest BCUT2D eigenvalue weighted by Gasteiger charge is -2.30. The standard InChI is InChI=1S/C13H15Br2FO/c1-9-13(8-14,4-5-17-9)7-10-6-11(16)2-3-12(10)15/h2-3,6,9H,4-5,7-8H2,1H3. The van der Waals surface area contributed by atoms with E-state index in [0.717, 1.165) is 34.8 Å². The molecule has 0 bridgehead atoms. The van der Waals surface area contributed by atoms with E-state index in [9.17, 15) is 4.39 Å². The van der Waals surface area contributed by atoms with Crippen LogP contribution in [0.4, 0.5) is 4.39 Å². The van der Waals surface area contributed by atoms with Crippen LogP contribution in [0.1, 0.15) is 18.9 Å². The molecule has 1 aromatic carbocycles. The molecule has 1 fully saturated rings. The van der Waals surface area contributed by atoms with Gasteiger partial charge in [-0.15, -0.1) is 0 Å². The predicted octanol–water partition coefficient (Wildman–Crippen LogP) is 4.32. The molecule has 0 aromatic heterocycles. The van der Waals surface area contributed by atoms with E-state index >= 15 is 0 Å². The summed E-state index contributed by atoms with van der Waals surface area (Å²) in [4.78, 5) is 0. The van der Waals surface area contributed by atoms with Crippen LogP contribution in [0.5, 0.6) is 0 Å². The van der Waals surface area contributed by atoms with Gasteiger partial charge >= 0.3 is 0 Å². The maximum atomic E-state index is 13.3. The minimum Gasteiger partial charge on any atom is -0.378 e. The number of halogens is 3. The van der Waals surface area contributed by atoms with Crippen molar-refractivity contribution in [2.75, 3.05) is 11.9 Å².